The first-order chi connectivity index (χ1) is 8.63. The smallest absolute Gasteiger partial charge is 0.109 e. The molecule has 2 aliphatic heterocycles. The second-order valence-electron chi connectivity index (χ2n) is 5.69. The largest absolute Gasteiger partial charge is 0.381 e. The van der Waals surface area contributed by atoms with Gasteiger partial charge in [0.25, 0.3) is 0 Å². The van der Waals surface area contributed by atoms with Crippen LogP contribution in [-0.4, -0.2) is 35.1 Å². The molecule has 0 aromatic carbocycles. The van der Waals surface area contributed by atoms with Crippen molar-refractivity contribution in [3.8, 4) is 0 Å². The number of anilines is 1. The number of rotatable bonds is 2. The third-order valence-corrected chi connectivity index (χ3v) is 5.31. The van der Waals surface area contributed by atoms with E-state index in [1.165, 1.54) is 31.2 Å². The zero-order valence-electron chi connectivity index (χ0n) is 11.0. The zero-order chi connectivity index (χ0) is 12.7. The van der Waals surface area contributed by atoms with Gasteiger partial charge in [0.1, 0.15) is 4.60 Å². The van der Waals surface area contributed by atoms with Crippen molar-refractivity contribution in [1.82, 2.24) is 9.88 Å². The van der Waals surface area contributed by atoms with Gasteiger partial charge in [-0.05, 0) is 67.2 Å². The second-order valence-corrected chi connectivity index (χ2v) is 6.45. The standard InChI is InChI=1S/C14H20BrN3/c1-9-5-11(8-16-14(9)15)17-10-6-12-3-4-13(7-10)18(12)2/h5,8,10,12-13,17H,3-4,6-7H2,1-2H3. The highest BCUT2D eigenvalue weighted by Gasteiger charge is 2.38. The van der Waals surface area contributed by atoms with E-state index in [1.54, 1.807) is 0 Å². The Labute approximate surface area is 117 Å². The fourth-order valence-electron chi connectivity index (χ4n) is 3.40. The molecular weight excluding hydrogens is 290 g/mol. The average Bonchev–Trinajstić information content (AvgIpc) is 2.58. The van der Waals surface area contributed by atoms with Gasteiger partial charge in [-0.3, -0.25) is 0 Å². The quantitative estimate of drug-likeness (QED) is 0.850. The molecular formula is C14H20BrN3. The average molecular weight is 310 g/mol. The molecule has 3 rings (SSSR count). The maximum Gasteiger partial charge on any atom is 0.109 e. The van der Waals surface area contributed by atoms with Crippen molar-refractivity contribution >= 4 is 21.6 Å². The van der Waals surface area contributed by atoms with Gasteiger partial charge >= 0.3 is 0 Å². The number of pyridine rings is 1. The predicted molar refractivity (Wildman–Crippen MR) is 77.9 cm³/mol. The number of hydrogen-bond acceptors (Lipinski definition) is 3. The highest BCUT2D eigenvalue weighted by atomic mass is 79.9. The van der Waals surface area contributed by atoms with Gasteiger partial charge in [-0.15, -0.1) is 0 Å². The van der Waals surface area contributed by atoms with E-state index in [9.17, 15) is 0 Å². The Balaban J connectivity index is 1.68. The molecule has 2 fully saturated rings. The topological polar surface area (TPSA) is 28.2 Å². The van der Waals surface area contributed by atoms with E-state index in [-0.39, 0.29) is 0 Å². The number of halogens is 1. The highest BCUT2D eigenvalue weighted by molar-refractivity contribution is 9.10. The number of nitrogens with one attached hydrogen (secondary N) is 1. The Bertz CT molecular complexity index is 435. The first-order valence-electron chi connectivity index (χ1n) is 6.74. The molecule has 0 radical (unpaired) electrons. The molecule has 0 amide bonds. The van der Waals surface area contributed by atoms with Gasteiger partial charge in [0.05, 0.1) is 11.9 Å². The van der Waals surface area contributed by atoms with Gasteiger partial charge in [-0.1, -0.05) is 0 Å². The number of aryl methyl sites for hydroxylation is 1. The van der Waals surface area contributed by atoms with E-state index in [1.807, 2.05) is 6.20 Å². The van der Waals surface area contributed by atoms with Crippen molar-refractivity contribution in [2.24, 2.45) is 0 Å². The summed E-state index contributed by atoms with van der Waals surface area (Å²) in [6.45, 7) is 2.08. The number of fused-ring (bicyclic) bond motifs is 2. The molecule has 2 unspecified atom stereocenters. The van der Waals surface area contributed by atoms with Gasteiger partial charge in [-0.2, -0.15) is 0 Å². The molecule has 1 aromatic heterocycles. The van der Waals surface area contributed by atoms with Crippen molar-refractivity contribution < 1.29 is 0 Å². The molecule has 2 saturated heterocycles. The summed E-state index contributed by atoms with van der Waals surface area (Å²) in [5.41, 5.74) is 2.35. The Morgan fingerprint density at radius 1 is 1.33 bits per heavy atom. The molecule has 3 nitrogen and oxygen atoms in total. The van der Waals surface area contributed by atoms with Gasteiger partial charge in [-0.25, -0.2) is 4.98 Å². The Morgan fingerprint density at radius 2 is 2.00 bits per heavy atom. The number of piperidine rings is 1. The third-order valence-electron chi connectivity index (χ3n) is 4.48. The van der Waals surface area contributed by atoms with Crippen LogP contribution in [-0.2, 0) is 0 Å². The van der Waals surface area contributed by atoms with Crippen molar-refractivity contribution in [2.45, 2.75) is 50.7 Å². The Morgan fingerprint density at radius 3 is 2.61 bits per heavy atom. The number of nitrogens with zero attached hydrogens (tertiary/aromatic N) is 2. The van der Waals surface area contributed by atoms with Crippen LogP contribution in [0.5, 0.6) is 0 Å². The summed E-state index contributed by atoms with van der Waals surface area (Å²) in [6.07, 6.45) is 7.20. The van der Waals surface area contributed by atoms with Crippen molar-refractivity contribution in [3.63, 3.8) is 0 Å². The van der Waals surface area contributed by atoms with Crippen LogP contribution >= 0.6 is 15.9 Å². The molecule has 2 bridgehead atoms. The normalized spacial score (nSPS) is 31.6. The van der Waals surface area contributed by atoms with Crippen LogP contribution in [0.15, 0.2) is 16.9 Å². The van der Waals surface area contributed by atoms with Gasteiger partial charge < -0.3 is 10.2 Å². The molecule has 1 aromatic rings. The lowest BCUT2D eigenvalue weighted by Crippen LogP contribution is -2.44. The minimum atomic E-state index is 0.612. The maximum absolute atomic E-state index is 4.36. The van der Waals surface area contributed by atoms with Crippen molar-refractivity contribution in [1.29, 1.82) is 0 Å². The lowest BCUT2D eigenvalue weighted by Gasteiger charge is -2.37. The number of hydrogen-bond donors (Lipinski definition) is 1. The Kier molecular flexibility index (Phi) is 3.32. The summed E-state index contributed by atoms with van der Waals surface area (Å²) < 4.78 is 0.941. The molecule has 2 aliphatic rings. The minimum absolute atomic E-state index is 0.612. The van der Waals surface area contributed by atoms with E-state index >= 15 is 0 Å². The first-order valence-corrected chi connectivity index (χ1v) is 7.53. The van der Waals surface area contributed by atoms with E-state index in [2.05, 4.69) is 51.2 Å². The highest BCUT2D eigenvalue weighted by Crippen LogP contribution is 2.35. The van der Waals surface area contributed by atoms with E-state index in [0.29, 0.717) is 6.04 Å². The van der Waals surface area contributed by atoms with Crippen molar-refractivity contribution in [2.75, 3.05) is 12.4 Å². The third kappa shape index (κ3) is 2.28. The lowest BCUT2D eigenvalue weighted by molar-refractivity contribution is 0.169. The second kappa shape index (κ2) is 4.82. The van der Waals surface area contributed by atoms with Crippen LogP contribution in [0, 0.1) is 6.92 Å². The zero-order valence-corrected chi connectivity index (χ0v) is 12.6. The van der Waals surface area contributed by atoms with Gasteiger partial charge in [0, 0.05) is 18.1 Å². The lowest BCUT2D eigenvalue weighted by atomic mass is 9.98. The fourth-order valence-corrected chi connectivity index (χ4v) is 3.62. The van der Waals surface area contributed by atoms with Crippen LogP contribution in [0.4, 0.5) is 5.69 Å². The number of aromatic nitrogens is 1. The predicted octanol–water partition coefficient (Wildman–Crippen LogP) is 3.19. The van der Waals surface area contributed by atoms with Crippen LogP contribution < -0.4 is 5.32 Å². The summed E-state index contributed by atoms with van der Waals surface area (Å²) in [5.74, 6) is 0. The monoisotopic (exact) mass is 309 g/mol. The Hall–Kier alpha value is -0.610. The molecule has 98 valence electrons. The van der Waals surface area contributed by atoms with Crippen LogP contribution in [0.25, 0.3) is 0 Å². The summed E-state index contributed by atoms with van der Waals surface area (Å²) in [4.78, 5) is 6.93. The minimum Gasteiger partial charge on any atom is -0.381 e. The van der Waals surface area contributed by atoms with Crippen LogP contribution in [0.2, 0.25) is 0 Å². The molecule has 4 heteroatoms. The van der Waals surface area contributed by atoms with Crippen LogP contribution in [0.3, 0.4) is 0 Å². The molecule has 18 heavy (non-hydrogen) atoms. The van der Waals surface area contributed by atoms with E-state index in [0.717, 1.165) is 22.4 Å². The maximum atomic E-state index is 4.36. The van der Waals surface area contributed by atoms with Gasteiger partial charge in [0.15, 0.2) is 0 Å². The molecule has 2 atom stereocenters. The first kappa shape index (κ1) is 12.4. The molecule has 3 heterocycles. The SMILES string of the molecule is Cc1cc(NC2CC3CCC(C2)N3C)cnc1Br. The van der Waals surface area contributed by atoms with Crippen molar-refractivity contribution in [3.05, 3.63) is 22.4 Å². The molecule has 0 aliphatic carbocycles. The summed E-state index contributed by atoms with van der Waals surface area (Å²) >= 11 is 3.45. The van der Waals surface area contributed by atoms with Gasteiger partial charge in [0.2, 0.25) is 0 Å². The fraction of sp³-hybridized carbons (Fsp3) is 0.643. The van der Waals surface area contributed by atoms with E-state index < -0.39 is 0 Å². The van der Waals surface area contributed by atoms with Crippen LogP contribution in [0.1, 0.15) is 31.2 Å². The summed E-state index contributed by atoms with van der Waals surface area (Å²) in [6, 6.07) is 4.36. The summed E-state index contributed by atoms with van der Waals surface area (Å²) in [5, 5.41) is 3.66. The summed E-state index contributed by atoms with van der Waals surface area (Å²) in [7, 11) is 2.28. The molecule has 0 spiro atoms. The molecule has 1 N–H and O–H groups in total. The van der Waals surface area contributed by atoms with E-state index in [4.69, 9.17) is 0 Å². The molecule has 0 saturated carbocycles.